The standard InChI is InChI=1S/C15H22O/c1-11-4-2-6-14-13(11)5-3-7-15(14)16-10-12-8-9-12/h2,4,7,11-14H,3,5-6,8-10H2,1H3. The van der Waals surface area contributed by atoms with Gasteiger partial charge < -0.3 is 4.74 Å². The number of rotatable bonds is 3. The van der Waals surface area contributed by atoms with Crippen molar-refractivity contribution in [1.82, 2.24) is 0 Å². The van der Waals surface area contributed by atoms with E-state index in [1.54, 1.807) is 0 Å². The lowest BCUT2D eigenvalue weighted by molar-refractivity contribution is 0.116. The van der Waals surface area contributed by atoms with Crippen molar-refractivity contribution >= 4 is 0 Å². The maximum Gasteiger partial charge on any atom is 0.0957 e. The van der Waals surface area contributed by atoms with E-state index in [1.807, 2.05) is 0 Å². The van der Waals surface area contributed by atoms with Gasteiger partial charge >= 0.3 is 0 Å². The Bertz CT molecular complexity index is 311. The Kier molecular flexibility index (Phi) is 2.79. The highest BCUT2D eigenvalue weighted by Crippen LogP contribution is 2.42. The molecule has 3 aliphatic rings. The molecule has 0 bridgehead atoms. The molecule has 1 saturated carbocycles. The van der Waals surface area contributed by atoms with Crippen molar-refractivity contribution in [3.05, 3.63) is 24.0 Å². The molecule has 0 heterocycles. The molecule has 1 heteroatoms. The Morgan fingerprint density at radius 1 is 1.31 bits per heavy atom. The summed E-state index contributed by atoms with van der Waals surface area (Å²) in [5.74, 6) is 4.46. The second-order valence-corrected chi connectivity index (χ2v) is 5.73. The van der Waals surface area contributed by atoms with Gasteiger partial charge in [-0.25, -0.2) is 0 Å². The van der Waals surface area contributed by atoms with Crippen LogP contribution in [-0.4, -0.2) is 6.61 Å². The van der Waals surface area contributed by atoms with Gasteiger partial charge in [0, 0.05) is 5.92 Å². The van der Waals surface area contributed by atoms with Gasteiger partial charge in [-0.2, -0.15) is 0 Å². The summed E-state index contributed by atoms with van der Waals surface area (Å²) in [4.78, 5) is 0. The molecule has 0 radical (unpaired) electrons. The summed E-state index contributed by atoms with van der Waals surface area (Å²) in [6.45, 7) is 3.34. The van der Waals surface area contributed by atoms with Crippen LogP contribution in [0.5, 0.6) is 0 Å². The zero-order valence-electron chi connectivity index (χ0n) is 10.2. The Labute approximate surface area is 98.6 Å². The fourth-order valence-corrected chi connectivity index (χ4v) is 3.15. The first-order valence-corrected chi connectivity index (χ1v) is 6.84. The molecule has 3 aliphatic carbocycles. The van der Waals surface area contributed by atoms with E-state index < -0.39 is 0 Å². The molecule has 1 fully saturated rings. The molecule has 0 amide bonds. The lowest BCUT2D eigenvalue weighted by Crippen LogP contribution is -2.28. The van der Waals surface area contributed by atoms with E-state index in [4.69, 9.17) is 4.74 Å². The van der Waals surface area contributed by atoms with Crippen LogP contribution in [0.1, 0.15) is 39.0 Å². The summed E-state index contributed by atoms with van der Waals surface area (Å²) < 4.78 is 6.05. The predicted octanol–water partition coefficient (Wildman–Crippen LogP) is 3.92. The van der Waals surface area contributed by atoms with Crippen molar-refractivity contribution < 1.29 is 4.74 Å². The summed E-state index contributed by atoms with van der Waals surface area (Å²) >= 11 is 0. The number of hydrogen-bond acceptors (Lipinski definition) is 1. The molecule has 3 atom stereocenters. The molecule has 0 saturated heterocycles. The third-order valence-electron chi connectivity index (χ3n) is 4.42. The van der Waals surface area contributed by atoms with Gasteiger partial charge in [0.25, 0.3) is 0 Å². The minimum Gasteiger partial charge on any atom is -0.498 e. The number of ether oxygens (including phenoxy) is 1. The summed E-state index contributed by atoms with van der Waals surface area (Å²) in [7, 11) is 0. The van der Waals surface area contributed by atoms with Crippen molar-refractivity contribution in [3.63, 3.8) is 0 Å². The van der Waals surface area contributed by atoms with Crippen LogP contribution >= 0.6 is 0 Å². The van der Waals surface area contributed by atoms with Gasteiger partial charge in [0.15, 0.2) is 0 Å². The molecule has 0 aliphatic heterocycles. The van der Waals surface area contributed by atoms with E-state index in [0.717, 1.165) is 24.4 Å². The van der Waals surface area contributed by atoms with E-state index in [1.165, 1.54) is 37.9 Å². The SMILES string of the molecule is CC1C=CCC2C(OCC3CC3)=CCCC12. The van der Waals surface area contributed by atoms with E-state index in [2.05, 4.69) is 25.2 Å². The molecular weight excluding hydrogens is 196 g/mol. The number of hydrogen-bond donors (Lipinski definition) is 0. The molecule has 3 rings (SSSR count). The Morgan fingerprint density at radius 2 is 2.19 bits per heavy atom. The van der Waals surface area contributed by atoms with Crippen LogP contribution < -0.4 is 0 Å². The summed E-state index contributed by atoms with van der Waals surface area (Å²) in [6.07, 6.45) is 13.7. The lowest BCUT2D eigenvalue weighted by atomic mass is 9.71. The van der Waals surface area contributed by atoms with Crippen LogP contribution in [0, 0.1) is 23.7 Å². The summed E-state index contributed by atoms with van der Waals surface area (Å²) in [5, 5.41) is 0. The minimum atomic E-state index is 0.687. The van der Waals surface area contributed by atoms with Crippen LogP contribution in [0.3, 0.4) is 0 Å². The smallest absolute Gasteiger partial charge is 0.0957 e. The van der Waals surface area contributed by atoms with Gasteiger partial charge in [0.1, 0.15) is 0 Å². The maximum absolute atomic E-state index is 6.05. The third kappa shape index (κ3) is 2.05. The largest absolute Gasteiger partial charge is 0.498 e. The van der Waals surface area contributed by atoms with E-state index in [0.29, 0.717) is 5.92 Å². The second-order valence-electron chi connectivity index (χ2n) is 5.73. The van der Waals surface area contributed by atoms with Crippen molar-refractivity contribution in [3.8, 4) is 0 Å². The van der Waals surface area contributed by atoms with Crippen molar-refractivity contribution in [2.24, 2.45) is 23.7 Å². The molecule has 0 aromatic heterocycles. The second kappa shape index (κ2) is 4.27. The quantitative estimate of drug-likeness (QED) is 0.652. The van der Waals surface area contributed by atoms with Crippen LogP contribution in [-0.2, 0) is 4.74 Å². The first kappa shape index (κ1) is 10.4. The van der Waals surface area contributed by atoms with Gasteiger partial charge in [-0.1, -0.05) is 19.1 Å². The normalized spacial score (nSPS) is 37.8. The molecule has 0 aromatic rings. The first-order valence-electron chi connectivity index (χ1n) is 6.84. The van der Waals surface area contributed by atoms with Gasteiger partial charge in [-0.05, 0) is 55.9 Å². The predicted molar refractivity (Wildman–Crippen MR) is 65.9 cm³/mol. The van der Waals surface area contributed by atoms with Gasteiger partial charge in [0.2, 0.25) is 0 Å². The maximum atomic E-state index is 6.05. The van der Waals surface area contributed by atoms with Gasteiger partial charge in [0.05, 0.1) is 12.4 Å². The highest BCUT2D eigenvalue weighted by Gasteiger charge is 2.34. The van der Waals surface area contributed by atoms with Gasteiger partial charge in [-0.3, -0.25) is 0 Å². The third-order valence-corrected chi connectivity index (χ3v) is 4.42. The van der Waals surface area contributed by atoms with Crippen LogP contribution in [0.15, 0.2) is 24.0 Å². The number of fused-ring (bicyclic) bond motifs is 1. The molecule has 0 N–H and O–H groups in total. The summed E-state index contributed by atoms with van der Waals surface area (Å²) in [5.41, 5.74) is 0. The van der Waals surface area contributed by atoms with Crippen molar-refractivity contribution in [2.75, 3.05) is 6.61 Å². The first-order chi connectivity index (χ1) is 7.84. The Balaban J connectivity index is 1.67. The molecule has 16 heavy (non-hydrogen) atoms. The van der Waals surface area contributed by atoms with Crippen LogP contribution in [0.4, 0.5) is 0 Å². The Morgan fingerprint density at radius 3 is 3.00 bits per heavy atom. The monoisotopic (exact) mass is 218 g/mol. The zero-order valence-corrected chi connectivity index (χ0v) is 10.2. The minimum absolute atomic E-state index is 0.687. The Hall–Kier alpha value is -0.720. The average molecular weight is 218 g/mol. The number of allylic oxidation sites excluding steroid dienone is 4. The molecule has 1 nitrogen and oxygen atoms in total. The fraction of sp³-hybridized carbons (Fsp3) is 0.733. The summed E-state index contributed by atoms with van der Waals surface area (Å²) in [6, 6.07) is 0. The lowest BCUT2D eigenvalue weighted by Gasteiger charge is -2.37. The van der Waals surface area contributed by atoms with E-state index >= 15 is 0 Å². The highest BCUT2D eigenvalue weighted by molar-refractivity contribution is 5.13. The van der Waals surface area contributed by atoms with E-state index in [9.17, 15) is 0 Å². The van der Waals surface area contributed by atoms with Gasteiger partial charge in [-0.15, -0.1) is 0 Å². The average Bonchev–Trinajstić information content (AvgIpc) is 3.11. The molecular formula is C15H22O. The molecule has 88 valence electrons. The molecule has 0 spiro atoms. The topological polar surface area (TPSA) is 9.23 Å². The fourth-order valence-electron chi connectivity index (χ4n) is 3.15. The molecule has 0 aromatic carbocycles. The zero-order chi connectivity index (χ0) is 11.0. The van der Waals surface area contributed by atoms with Crippen molar-refractivity contribution in [1.29, 1.82) is 0 Å². The highest BCUT2D eigenvalue weighted by atomic mass is 16.5. The molecule has 3 unspecified atom stereocenters. The van der Waals surface area contributed by atoms with E-state index in [-0.39, 0.29) is 0 Å². The van der Waals surface area contributed by atoms with Crippen LogP contribution in [0.25, 0.3) is 0 Å². The van der Waals surface area contributed by atoms with Crippen LogP contribution in [0.2, 0.25) is 0 Å². The van der Waals surface area contributed by atoms with Crippen molar-refractivity contribution in [2.45, 2.75) is 39.0 Å².